The minimum absolute atomic E-state index is 0. The lowest BCUT2D eigenvalue weighted by molar-refractivity contribution is -0.114. The van der Waals surface area contributed by atoms with Crippen molar-refractivity contribution in [3.63, 3.8) is 0 Å². The van der Waals surface area contributed by atoms with Crippen LogP contribution < -0.4 is 10.2 Å². The van der Waals surface area contributed by atoms with Crippen molar-refractivity contribution in [2.75, 3.05) is 36.4 Å². The summed E-state index contributed by atoms with van der Waals surface area (Å²) < 4.78 is 20.6. The highest BCUT2D eigenvalue weighted by atomic mass is 35.5. The van der Waals surface area contributed by atoms with Crippen LogP contribution in [0.1, 0.15) is 51.9 Å². The van der Waals surface area contributed by atoms with E-state index in [9.17, 15) is 9.18 Å². The highest BCUT2D eigenvalue weighted by Crippen LogP contribution is 2.30. The van der Waals surface area contributed by atoms with Gasteiger partial charge in [-0.3, -0.25) is 4.79 Å². The number of piperidine rings is 2. The molecule has 4 rings (SSSR count). The standard InChI is InChI=1S/C22H32FN3O2.ClH/c1-16(27)24-22-6-5-18(15-21(22)23)26-13-9-20(10-14-26)28-19-7-11-25(12-8-19)17-3-2-4-17;/h5-6,15,17,19-20H,2-4,7-14H2,1H3,(H,24,27);1H. The molecule has 0 unspecified atom stereocenters. The van der Waals surface area contributed by atoms with E-state index in [-0.39, 0.29) is 29.8 Å². The average molecular weight is 426 g/mol. The predicted molar refractivity (Wildman–Crippen MR) is 117 cm³/mol. The van der Waals surface area contributed by atoms with Crippen molar-refractivity contribution in [1.29, 1.82) is 0 Å². The molecule has 0 atom stereocenters. The lowest BCUT2D eigenvalue weighted by Gasteiger charge is -2.43. The number of anilines is 2. The average Bonchev–Trinajstić information content (AvgIpc) is 2.64. The van der Waals surface area contributed by atoms with Gasteiger partial charge in [-0.05, 0) is 56.7 Å². The first-order valence-electron chi connectivity index (χ1n) is 10.8. The van der Waals surface area contributed by atoms with Crippen LogP contribution in [0.4, 0.5) is 15.8 Å². The first-order valence-corrected chi connectivity index (χ1v) is 10.8. The molecule has 1 saturated carbocycles. The van der Waals surface area contributed by atoms with Gasteiger partial charge in [-0.2, -0.15) is 0 Å². The largest absolute Gasteiger partial charge is 0.375 e. The van der Waals surface area contributed by atoms with E-state index in [1.54, 1.807) is 6.07 Å². The third-order valence-electron chi connectivity index (χ3n) is 6.52. The molecule has 1 aromatic rings. The lowest BCUT2D eigenvalue weighted by atomic mass is 9.89. The summed E-state index contributed by atoms with van der Waals surface area (Å²) in [4.78, 5) is 16.0. The van der Waals surface area contributed by atoms with E-state index in [2.05, 4.69) is 15.1 Å². The maximum Gasteiger partial charge on any atom is 0.221 e. The molecule has 0 aromatic heterocycles. The van der Waals surface area contributed by atoms with Crippen LogP contribution in [-0.4, -0.2) is 55.2 Å². The predicted octanol–water partition coefficient (Wildman–Crippen LogP) is 4.21. The van der Waals surface area contributed by atoms with Gasteiger partial charge in [0.25, 0.3) is 0 Å². The normalized spacial score (nSPS) is 22.1. The van der Waals surface area contributed by atoms with E-state index in [0.29, 0.717) is 12.2 Å². The molecule has 2 heterocycles. The summed E-state index contributed by atoms with van der Waals surface area (Å²) in [6.45, 7) is 5.52. The number of carbonyl (C=O) groups excluding carboxylic acids is 1. The summed E-state index contributed by atoms with van der Waals surface area (Å²) in [5, 5.41) is 2.52. The number of ether oxygens (including phenoxy) is 1. The SMILES string of the molecule is CC(=O)Nc1ccc(N2CCC(OC3CCN(C4CCC4)CC3)CC2)cc1F.Cl. The Morgan fingerprint density at radius 3 is 2.17 bits per heavy atom. The van der Waals surface area contributed by atoms with Gasteiger partial charge in [-0.25, -0.2) is 4.39 Å². The summed E-state index contributed by atoms with van der Waals surface area (Å²) in [6.07, 6.45) is 9.18. The Kier molecular flexibility index (Phi) is 7.77. The molecule has 0 bridgehead atoms. The van der Waals surface area contributed by atoms with Gasteiger partial charge >= 0.3 is 0 Å². The molecule has 162 valence electrons. The highest BCUT2D eigenvalue weighted by molar-refractivity contribution is 5.89. The number of rotatable bonds is 5. The number of amides is 1. The third kappa shape index (κ3) is 5.62. The molecule has 1 N–H and O–H groups in total. The van der Waals surface area contributed by atoms with Gasteiger partial charge in [-0.15, -0.1) is 12.4 Å². The quantitative estimate of drug-likeness (QED) is 0.767. The third-order valence-corrected chi connectivity index (χ3v) is 6.52. The van der Waals surface area contributed by atoms with Crippen LogP contribution in [0.3, 0.4) is 0 Å². The summed E-state index contributed by atoms with van der Waals surface area (Å²) in [5.41, 5.74) is 1.11. The minimum Gasteiger partial charge on any atom is -0.375 e. The number of benzene rings is 1. The molecular weight excluding hydrogens is 393 g/mol. The number of likely N-dealkylation sites (tertiary alicyclic amines) is 1. The van der Waals surface area contributed by atoms with Gasteiger partial charge < -0.3 is 19.9 Å². The van der Waals surface area contributed by atoms with Gasteiger partial charge in [0, 0.05) is 44.8 Å². The van der Waals surface area contributed by atoms with Crippen molar-refractivity contribution in [2.45, 2.75) is 70.1 Å². The fourth-order valence-corrected chi connectivity index (χ4v) is 4.64. The van der Waals surface area contributed by atoms with Crippen molar-refractivity contribution >= 4 is 29.7 Å². The molecule has 3 aliphatic rings. The Balaban J connectivity index is 0.00000240. The summed E-state index contributed by atoms with van der Waals surface area (Å²) in [6, 6.07) is 5.89. The van der Waals surface area contributed by atoms with Crippen molar-refractivity contribution in [2.24, 2.45) is 0 Å². The van der Waals surface area contributed by atoms with E-state index < -0.39 is 0 Å². The number of halogens is 2. The molecule has 1 aromatic carbocycles. The van der Waals surface area contributed by atoms with E-state index >= 15 is 0 Å². The number of carbonyl (C=O) groups is 1. The van der Waals surface area contributed by atoms with Crippen LogP contribution in [0.25, 0.3) is 0 Å². The molecule has 5 nitrogen and oxygen atoms in total. The second-order valence-electron chi connectivity index (χ2n) is 8.49. The van der Waals surface area contributed by atoms with E-state index in [1.807, 2.05) is 6.07 Å². The van der Waals surface area contributed by atoms with E-state index in [4.69, 9.17) is 4.74 Å². The Hall–Kier alpha value is -1.37. The van der Waals surface area contributed by atoms with Gasteiger partial charge in [0.1, 0.15) is 5.82 Å². The molecule has 7 heteroatoms. The summed E-state index contributed by atoms with van der Waals surface area (Å²) in [7, 11) is 0. The second kappa shape index (κ2) is 10.1. The number of nitrogens with zero attached hydrogens (tertiary/aromatic N) is 2. The number of hydrogen-bond acceptors (Lipinski definition) is 4. The van der Waals surface area contributed by atoms with Crippen molar-refractivity contribution in [1.82, 2.24) is 4.90 Å². The Morgan fingerprint density at radius 2 is 1.66 bits per heavy atom. The smallest absolute Gasteiger partial charge is 0.221 e. The van der Waals surface area contributed by atoms with Crippen LogP contribution in [0.15, 0.2) is 18.2 Å². The minimum atomic E-state index is -0.385. The molecular formula is C22H33ClFN3O2. The monoisotopic (exact) mass is 425 g/mol. The molecule has 29 heavy (non-hydrogen) atoms. The molecule has 2 aliphatic heterocycles. The molecule has 1 aliphatic carbocycles. The topological polar surface area (TPSA) is 44.8 Å². The molecule has 0 radical (unpaired) electrons. The zero-order chi connectivity index (χ0) is 19.5. The van der Waals surface area contributed by atoms with E-state index in [1.165, 1.54) is 45.3 Å². The van der Waals surface area contributed by atoms with Crippen LogP contribution in [0, 0.1) is 5.82 Å². The summed E-state index contributed by atoms with van der Waals surface area (Å²) in [5.74, 6) is -0.646. The van der Waals surface area contributed by atoms with Crippen LogP contribution >= 0.6 is 12.4 Å². The Morgan fingerprint density at radius 1 is 1.03 bits per heavy atom. The van der Waals surface area contributed by atoms with Gasteiger partial charge in [-0.1, -0.05) is 6.42 Å². The lowest BCUT2D eigenvalue weighted by Crippen LogP contribution is -2.47. The first-order chi connectivity index (χ1) is 13.6. The second-order valence-corrected chi connectivity index (χ2v) is 8.49. The highest BCUT2D eigenvalue weighted by Gasteiger charge is 2.30. The van der Waals surface area contributed by atoms with Gasteiger partial charge in [0.05, 0.1) is 17.9 Å². The van der Waals surface area contributed by atoms with Gasteiger partial charge in [0.2, 0.25) is 5.91 Å². The summed E-state index contributed by atoms with van der Waals surface area (Å²) >= 11 is 0. The van der Waals surface area contributed by atoms with Crippen LogP contribution in [-0.2, 0) is 9.53 Å². The van der Waals surface area contributed by atoms with Crippen molar-refractivity contribution in [3.8, 4) is 0 Å². The van der Waals surface area contributed by atoms with E-state index in [0.717, 1.165) is 50.5 Å². The van der Waals surface area contributed by atoms with Gasteiger partial charge in [0.15, 0.2) is 0 Å². The maximum absolute atomic E-state index is 14.2. The molecule has 1 amide bonds. The Bertz CT molecular complexity index is 685. The Labute approximate surface area is 179 Å². The number of nitrogens with one attached hydrogen (secondary N) is 1. The fraction of sp³-hybridized carbons (Fsp3) is 0.682. The molecule has 0 spiro atoms. The fourth-order valence-electron chi connectivity index (χ4n) is 4.64. The van der Waals surface area contributed by atoms with Crippen molar-refractivity contribution < 1.29 is 13.9 Å². The zero-order valence-electron chi connectivity index (χ0n) is 17.2. The number of hydrogen-bond donors (Lipinski definition) is 1. The van der Waals surface area contributed by atoms with Crippen LogP contribution in [0.2, 0.25) is 0 Å². The zero-order valence-corrected chi connectivity index (χ0v) is 18.1. The molecule has 3 fully saturated rings. The van der Waals surface area contributed by atoms with Crippen molar-refractivity contribution in [3.05, 3.63) is 24.0 Å². The first kappa shape index (κ1) is 22.3. The maximum atomic E-state index is 14.2. The molecule has 2 saturated heterocycles. The van der Waals surface area contributed by atoms with Crippen LogP contribution in [0.5, 0.6) is 0 Å².